The largest absolute Gasteiger partial charge is 0.419 e. The van der Waals surface area contributed by atoms with Crippen LogP contribution < -0.4 is 11.5 Å². The van der Waals surface area contributed by atoms with E-state index >= 15 is 0 Å². The van der Waals surface area contributed by atoms with Crippen molar-refractivity contribution in [3.05, 3.63) is 28.7 Å². The summed E-state index contributed by atoms with van der Waals surface area (Å²) in [7, 11) is 0. The number of oxazole rings is 1. The quantitative estimate of drug-likeness (QED) is 0.801. The molecule has 0 spiro atoms. The van der Waals surface area contributed by atoms with Crippen molar-refractivity contribution >= 4 is 16.8 Å². The van der Waals surface area contributed by atoms with Crippen LogP contribution in [0.4, 0.5) is 5.69 Å². The van der Waals surface area contributed by atoms with Crippen LogP contribution in [0.3, 0.4) is 0 Å². The zero-order valence-electron chi connectivity index (χ0n) is 8.98. The molecule has 2 aromatic rings. The monoisotopic (exact) mass is 218 g/mol. The molecule has 1 aliphatic carbocycles. The van der Waals surface area contributed by atoms with Crippen molar-refractivity contribution in [1.29, 1.82) is 0 Å². The molecular weight excluding hydrogens is 204 g/mol. The zero-order chi connectivity index (χ0) is 11.1. The van der Waals surface area contributed by atoms with E-state index in [0.29, 0.717) is 11.3 Å². The maximum Gasteiger partial charge on any atom is 0.419 e. The van der Waals surface area contributed by atoms with Gasteiger partial charge in [-0.05, 0) is 30.5 Å². The predicted octanol–water partition coefficient (Wildman–Crippen LogP) is 1.98. The number of nitrogens with two attached hydrogens (primary N) is 1. The van der Waals surface area contributed by atoms with Gasteiger partial charge in [-0.15, -0.1) is 0 Å². The van der Waals surface area contributed by atoms with Crippen LogP contribution in [0.2, 0.25) is 0 Å². The first-order valence-corrected chi connectivity index (χ1v) is 5.63. The van der Waals surface area contributed by atoms with Crippen molar-refractivity contribution in [2.75, 3.05) is 5.73 Å². The molecule has 2 N–H and O–H groups in total. The maximum atomic E-state index is 11.6. The number of aryl methyl sites for hydroxylation is 1. The Kier molecular flexibility index (Phi) is 2.02. The van der Waals surface area contributed by atoms with E-state index in [1.54, 1.807) is 22.8 Å². The fraction of sp³-hybridized carbons (Fsp3) is 0.417. The minimum atomic E-state index is -0.277. The second-order valence-electron chi connectivity index (χ2n) is 4.48. The molecule has 0 atom stereocenters. The summed E-state index contributed by atoms with van der Waals surface area (Å²) >= 11 is 0. The predicted molar refractivity (Wildman–Crippen MR) is 62.2 cm³/mol. The van der Waals surface area contributed by atoms with Crippen LogP contribution in [0, 0.1) is 5.92 Å². The number of hydrogen-bond donors (Lipinski definition) is 1. The molecule has 0 bridgehead atoms. The van der Waals surface area contributed by atoms with E-state index in [4.69, 9.17) is 10.2 Å². The molecule has 16 heavy (non-hydrogen) atoms. The molecule has 1 aliphatic rings. The normalized spacial score (nSPS) is 15.8. The first-order valence-electron chi connectivity index (χ1n) is 5.63. The highest BCUT2D eigenvalue weighted by atomic mass is 16.4. The van der Waals surface area contributed by atoms with Gasteiger partial charge in [0.25, 0.3) is 0 Å². The Hall–Kier alpha value is -1.71. The molecule has 0 aliphatic heterocycles. The van der Waals surface area contributed by atoms with Crippen LogP contribution in [-0.4, -0.2) is 4.57 Å². The van der Waals surface area contributed by atoms with Crippen LogP contribution in [0.15, 0.2) is 27.4 Å². The van der Waals surface area contributed by atoms with Gasteiger partial charge in [-0.3, -0.25) is 4.57 Å². The van der Waals surface area contributed by atoms with Gasteiger partial charge in [-0.2, -0.15) is 0 Å². The van der Waals surface area contributed by atoms with E-state index in [1.807, 2.05) is 0 Å². The third-order valence-electron chi connectivity index (χ3n) is 3.15. The SMILES string of the molecule is Nc1ccc2oc(=O)n(CCC3CC3)c2c1. The van der Waals surface area contributed by atoms with Crippen LogP contribution in [0.1, 0.15) is 19.3 Å². The summed E-state index contributed by atoms with van der Waals surface area (Å²) in [5.41, 5.74) is 7.81. The summed E-state index contributed by atoms with van der Waals surface area (Å²) in [5, 5.41) is 0. The number of nitrogen functional groups attached to an aromatic ring is 1. The number of anilines is 1. The Balaban J connectivity index is 2.02. The van der Waals surface area contributed by atoms with Crippen molar-refractivity contribution in [3.8, 4) is 0 Å². The van der Waals surface area contributed by atoms with Crippen molar-refractivity contribution < 1.29 is 4.42 Å². The van der Waals surface area contributed by atoms with Gasteiger partial charge in [0.2, 0.25) is 0 Å². The molecule has 1 fully saturated rings. The highest BCUT2D eigenvalue weighted by molar-refractivity contribution is 5.76. The first kappa shape index (κ1) is 9.51. The van der Waals surface area contributed by atoms with Gasteiger partial charge in [-0.25, -0.2) is 4.79 Å². The number of rotatable bonds is 3. The molecule has 84 valence electrons. The van der Waals surface area contributed by atoms with Gasteiger partial charge in [-0.1, -0.05) is 12.8 Å². The Morgan fingerprint density at radius 1 is 1.44 bits per heavy atom. The van der Waals surface area contributed by atoms with E-state index in [9.17, 15) is 4.79 Å². The third kappa shape index (κ3) is 1.60. The molecule has 1 aromatic carbocycles. The Morgan fingerprint density at radius 3 is 3.00 bits per heavy atom. The molecule has 0 amide bonds. The second-order valence-corrected chi connectivity index (χ2v) is 4.48. The topological polar surface area (TPSA) is 61.2 Å². The smallest absolute Gasteiger partial charge is 0.408 e. The lowest BCUT2D eigenvalue weighted by atomic mass is 10.2. The van der Waals surface area contributed by atoms with Gasteiger partial charge in [0, 0.05) is 12.2 Å². The highest BCUT2D eigenvalue weighted by Gasteiger charge is 2.21. The van der Waals surface area contributed by atoms with E-state index in [2.05, 4.69) is 0 Å². The fourth-order valence-corrected chi connectivity index (χ4v) is 2.01. The highest BCUT2D eigenvalue weighted by Crippen LogP contribution is 2.33. The number of benzene rings is 1. The Morgan fingerprint density at radius 2 is 2.25 bits per heavy atom. The first-order chi connectivity index (χ1) is 7.74. The summed E-state index contributed by atoms with van der Waals surface area (Å²) in [5.74, 6) is 0.527. The van der Waals surface area contributed by atoms with Crippen LogP contribution >= 0.6 is 0 Å². The van der Waals surface area contributed by atoms with E-state index < -0.39 is 0 Å². The van der Waals surface area contributed by atoms with Gasteiger partial charge in [0.15, 0.2) is 5.58 Å². The summed E-state index contributed by atoms with van der Waals surface area (Å²) in [6.45, 7) is 0.736. The molecule has 1 saturated carbocycles. The van der Waals surface area contributed by atoms with Gasteiger partial charge >= 0.3 is 5.76 Å². The molecule has 0 unspecified atom stereocenters. The summed E-state index contributed by atoms with van der Waals surface area (Å²) < 4.78 is 6.84. The zero-order valence-corrected chi connectivity index (χ0v) is 8.98. The van der Waals surface area contributed by atoms with E-state index in [0.717, 1.165) is 24.4 Å². The summed E-state index contributed by atoms with van der Waals surface area (Å²) in [6.07, 6.45) is 3.66. The molecular formula is C12H14N2O2. The molecule has 4 heteroatoms. The van der Waals surface area contributed by atoms with Crippen LogP contribution in [-0.2, 0) is 6.54 Å². The number of hydrogen-bond acceptors (Lipinski definition) is 3. The average Bonchev–Trinajstić information content (AvgIpc) is 3.01. The number of fused-ring (bicyclic) bond motifs is 1. The van der Waals surface area contributed by atoms with E-state index in [-0.39, 0.29) is 5.76 Å². The lowest BCUT2D eigenvalue weighted by Crippen LogP contribution is -2.14. The minimum absolute atomic E-state index is 0.277. The van der Waals surface area contributed by atoms with Gasteiger partial charge in [0.05, 0.1) is 5.52 Å². The Bertz CT molecular complexity index is 578. The van der Waals surface area contributed by atoms with Crippen molar-refractivity contribution in [3.63, 3.8) is 0 Å². The minimum Gasteiger partial charge on any atom is -0.408 e. The van der Waals surface area contributed by atoms with Crippen LogP contribution in [0.5, 0.6) is 0 Å². The van der Waals surface area contributed by atoms with E-state index in [1.165, 1.54) is 12.8 Å². The lowest BCUT2D eigenvalue weighted by molar-refractivity contribution is 0.489. The summed E-state index contributed by atoms with van der Waals surface area (Å²) in [6, 6.07) is 5.29. The molecule has 3 rings (SSSR count). The standard InChI is InChI=1S/C12H14N2O2/c13-9-3-4-11-10(7-9)14(12(15)16-11)6-5-8-1-2-8/h3-4,7-8H,1-2,5-6,13H2. The molecule has 0 radical (unpaired) electrons. The van der Waals surface area contributed by atoms with Gasteiger partial charge in [0.1, 0.15) is 0 Å². The molecule has 0 saturated heterocycles. The molecule has 1 heterocycles. The Labute approximate surface area is 92.7 Å². The van der Waals surface area contributed by atoms with Gasteiger partial charge < -0.3 is 10.2 Å². The van der Waals surface area contributed by atoms with Crippen molar-refractivity contribution in [1.82, 2.24) is 4.57 Å². The van der Waals surface area contributed by atoms with Crippen molar-refractivity contribution in [2.24, 2.45) is 5.92 Å². The maximum absolute atomic E-state index is 11.6. The molecule has 4 nitrogen and oxygen atoms in total. The number of nitrogens with zero attached hydrogens (tertiary/aromatic N) is 1. The summed E-state index contributed by atoms with van der Waals surface area (Å²) in [4.78, 5) is 11.6. The second kappa shape index (κ2) is 3.40. The average molecular weight is 218 g/mol. The lowest BCUT2D eigenvalue weighted by Gasteiger charge is -2.01. The molecule has 1 aromatic heterocycles. The third-order valence-corrected chi connectivity index (χ3v) is 3.15. The fourth-order valence-electron chi connectivity index (χ4n) is 2.01. The van der Waals surface area contributed by atoms with Crippen molar-refractivity contribution in [2.45, 2.75) is 25.8 Å². The number of aromatic nitrogens is 1. The van der Waals surface area contributed by atoms with Crippen LogP contribution in [0.25, 0.3) is 11.1 Å².